The maximum Gasteiger partial charge on any atom is 0.229 e. The Balaban J connectivity index is 1.22. The van der Waals surface area contributed by atoms with Gasteiger partial charge in [-0.1, -0.05) is 7.92 Å². The molecule has 2 N–H and O–H groups in total. The first-order valence-electron chi connectivity index (χ1n) is 15.5. The maximum atomic E-state index is 9.73. The minimum Gasteiger partial charge on any atom is -0.494 e. The smallest absolute Gasteiger partial charge is 0.229 e. The number of methoxy groups -OCH3 is 1. The molecule has 11 nitrogen and oxygen atoms in total. The molecule has 0 saturated carbocycles. The lowest BCUT2D eigenvalue weighted by Crippen LogP contribution is -2.62. The molecule has 0 unspecified atom stereocenters. The van der Waals surface area contributed by atoms with Gasteiger partial charge in [-0.3, -0.25) is 14.9 Å². The molecule has 13 heteroatoms. The van der Waals surface area contributed by atoms with Gasteiger partial charge < -0.3 is 25.2 Å². The van der Waals surface area contributed by atoms with Gasteiger partial charge in [0.15, 0.2) is 0 Å². The van der Waals surface area contributed by atoms with Crippen molar-refractivity contribution in [2.45, 2.75) is 31.3 Å². The van der Waals surface area contributed by atoms with Crippen molar-refractivity contribution < 1.29 is 4.74 Å². The van der Waals surface area contributed by atoms with Gasteiger partial charge >= 0.3 is 0 Å². The lowest BCUT2D eigenvalue weighted by Gasteiger charge is -2.49. The second-order valence-corrected chi connectivity index (χ2v) is 15.3. The molecule has 6 rings (SSSR count). The Morgan fingerprint density at radius 2 is 1.83 bits per heavy atom. The number of anilines is 5. The number of rotatable bonds is 10. The van der Waals surface area contributed by atoms with Gasteiger partial charge in [0.2, 0.25) is 5.95 Å². The molecule has 240 valence electrons. The van der Waals surface area contributed by atoms with Crippen molar-refractivity contribution in [1.29, 1.82) is 5.26 Å². The number of fused-ring (bicyclic) bond motifs is 1. The van der Waals surface area contributed by atoms with Crippen LogP contribution in [0.4, 0.5) is 28.8 Å². The topological polar surface area (TPSA) is 118 Å². The van der Waals surface area contributed by atoms with E-state index in [0.29, 0.717) is 41.7 Å². The lowest BCUT2D eigenvalue weighted by molar-refractivity contribution is 0.0188. The number of nitrogens with zero attached hydrogens (tertiary/aromatic N) is 8. The fourth-order valence-corrected chi connectivity index (χ4v) is 7.82. The summed E-state index contributed by atoms with van der Waals surface area (Å²) < 4.78 is 6.59. The maximum absolute atomic E-state index is 9.73. The van der Waals surface area contributed by atoms with Gasteiger partial charge in [0.25, 0.3) is 0 Å². The van der Waals surface area contributed by atoms with Gasteiger partial charge in [0.1, 0.15) is 11.6 Å². The molecule has 0 spiro atoms. The first-order valence-corrected chi connectivity index (χ1v) is 18.5. The number of benzene rings is 2. The fraction of sp³-hybridized carbons (Fsp3) is 0.424. The number of ether oxygens (including phenoxy) is 1. The van der Waals surface area contributed by atoms with E-state index >= 15 is 0 Å². The molecule has 2 aromatic heterocycles. The summed E-state index contributed by atoms with van der Waals surface area (Å²) in [5, 5.41) is 17.7. The first kappa shape index (κ1) is 32.3. The second kappa shape index (κ2) is 14.0. The number of nitriles is 1. The Kier molecular flexibility index (Phi) is 9.85. The molecule has 2 fully saturated rings. The van der Waals surface area contributed by atoms with Gasteiger partial charge in [0.05, 0.1) is 40.8 Å². The summed E-state index contributed by atoms with van der Waals surface area (Å²) in [5.41, 5.74) is 5.41. The Labute approximate surface area is 280 Å². The van der Waals surface area contributed by atoms with E-state index in [1.807, 2.05) is 24.3 Å². The summed E-state index contributed by atoms with van der Waals surface area (Å²) in [6.45, 7) is 8.61. The molecule has 2 aromatic carbocycles. The zero-order valence-corrected chi connectivity index (χ0v) is 29.4. The van der Waals surface area contributed by atoms with Crippen LogP contribution in [0.2, 0.25) is 0 Å². The highest BCUT2D eigenvalue weighted by molar-refractivity contribution is 9.10. The van der Waals surface area contributed by atoms with E-state index in [1.165, 1.54) is 0 Å². The van der Waals surface area contributed by atoms with Crippen molar-refractivity contribution in [3.8, 4) is 11.8 Å². The van der Waals surface area contributed by atoms with E-state index in [-0.39, 0.29) is 0 Å². The summed E-state index contributed by atoms with van der Waals surface area (Å²) in [4.78, 5) is 25.8. The van der Waals surface area contributed by atoms with Gasteiger partial charge in [-0.05, 0) is 80.0 Å². The molecular weight excluding hydrogens is 663 g/mol. The normalized spacial score (nSPS) is 16.1. The summed E-state index contributed by atoms with van der Waals surface area (Å²) in [6, 6.07) is 11.7. The van der Waals surface area contributed by atoms with Crippen LogP contribution in [0.1, 0.15) is 18.4 Å². The van der Waals surface area contributed by atoms with Crippen molar-refractivity contribution in [2.75, 3.05) is 76.2 Å². The highest BCUT2D eigenvalue weighted by Crippen LogP contribution is 2.38. The van der Waals surface area contributed by atoms with E-state index in [2.05, 4.69) is 89.7 Å². The van der Waals surface area contributed by atoms with Crippen molar-refractivity contribution in [3.05, 3.63) is 52.9 Å². The lowest BCUT2D eigenvalue weighted by atomic mass is 9.96. The van der Waals surface area contributed by atoms with E-state index in [9.17, 15) is 5.26 Å². The number of likely N-dealkylation sites (N-methyl/N-ethyl adjacent to an activating group) is 1. The standard InChI is InChI=1S/C33H40BrN10OP/c1-42(2)23-19-44(20-23)22-9-14-43(15-10-22)28-17-29(45-3)27(16-21(28)8-11-35)40-33-38-18-24(34)32(41-33)39-26-7-6-25-30(31(26)46(4)5)37-13-12-36-25/h6-7,12-13,16-18,22-23H,8-10,14-15,19-20H2,1-5H3,(H2,38,39,40,41). The molecule has 46 heavy (non-hydrogen) atoms. The van der Waals surface area contributed by atoms with Crippen LogP contribution in [0.15, 0.2) is 47.3 Å². The molecule has 0 aliphatic carbocycles. The summed E-state index contributed by atoms with van der Waals surface area (Å²) in [5.74, 6) is 1.70. The number of hydrogen-bond donors (Lipinski definition) is 2. The van der Waals surface area contributed by atoms with Crippen LogP contribution in [0.25, 0.3) is 11.0 Å². The van der Waals surface area contributed by atoms with E-state index in [4.69, 9.17) is 9.72 Å². The summed E-state index contributed by atoms with van der Waals surface area (Å²) in [6.07, 6.45) is 7.68. The molecule has 2 aliphatic rings. The van der Waals surface area contributed by atoms with Crippen LogP contribution in [0.5, 0.6) is 5.75 Å². The molecule has 0 radical (unpaired) electrons. The fourth-order valence-electron chi connectivity index (χ4n) is 6.32. The Morgan fingerprint density at radius 3 is 2.52 bits per heavy atom. The van der Waals surface area contributed by atoms with Gasteiger partial charge in [-0.25, -0.2) is 4.98 Å². The largest absolute Gasteiger partial charge is 0.494 e. The van der Waals surface area contributed by atoms with E-state index in [1.54, 1.807) is 25.7 Å². The predicted molar refractivity (Wildman–Crippen MR) is 191 cm³/mol. The molecule has 4 heterocycles. The molecule has 4 aromatic rings. The minimum atomic E-state index is -0.491. The Hall–Kier alpha value is -3.62. The van der Waals surface area contributed by atoms with Crippen molar-refractivity contribution >= 4 is 69.0 Å². The molecule has 2 aliphatic heterocycles. The third-order valence-corrected chi connectivity index (χ3v) is 10.8. The highest BCUT2D eigenvalue weighted by atomic mass is 79.9. The number of piperidine rings is 1. The monoisotopic (exact) mass is 702 g/mol. The SMILES string of the molecule is COc1cc(N2CCC(N3CC(N(C)C)C3)CC2)c(CC#N)cc1Nc1ncc(Br)c(Nc2ccc3nccnc3c2P(C)C)n1. The van der Waals surface area contributed by atoms with Crippen LogP contribution in [-0.4, -0.2) is 103 Å². The van der Waals surface area contributed by atoms with Crippen LogP contribution < -0.4 is 25.6 Å². The van der Waals surface area contributed by atoms with E-state index in [0.717, 1.165) is 76.8 Å². The number of hydrogen-bond acceptors (Lipinski definition) is 11. The van der Waals surface area contributed by atoms with Crippen molar-refractivity contribution in [2.24, 2.45) is 0 Å². The van der Waals surface area contributed by atoms with Crippen molar-refractivity contribution in [3.63, 3.8) is 0 Å². The van der Waals surface area contributed by atoms with E-state index < -0.39 is 7.92 Å². The Bertz CT molecular complexity index is 1750. The van der Waals surface area contributed by atoms with Crippen LogP contribution in [0, 0.1) is 11.3 Å². The molecule has 0 amide bonds. The van der Waals surface area contributed by atoms with Crippen LogP contribution >= 0.6 is 23.9 Å². The molecule has 0 atom stereocenters. The van der Waals surface area contributed by atoms with Gasteiger partial charge in [0, 0.05) is 79.6 Å². The quantitative estimate of drug-likeness (QED) is 0.209. The first-order chi connectivity index (χ1) is 22.2. The molecule has 2 saturated heterocycles. The van der Waals surface area contributed by atoms with Gasteiger partial charge in [-0.15, -0.1) is 0 Å². The van der Waals surface area contributed by atoms with Crippen LogP contribution in [0.3, 0.4) is 0 Å². The number of likely N-dealkylation sites (tertiary alicyclic amines) is 1. The van der Waals surface area contributed by atoms with Gasteiger partial charge in [-0.2, -0.15) is 10.2 Å². The molecular formula is C33H40BrN10OP. The second-order valence-electron chi connectivity index (χ2n) is 12.2. The minimum absolute atomic E-state index is 0.295. The summed E-state index contributed by atoms with van der Waals surface area (Å²) >= 11 is 3.62. The van der Waals surface area contributed by atoms with Crippen molar-refractivity contribution in [1.82, 2.24) is 29.7 Å². The zero-order chi connectivity index (χ0) is 32.4. The third kappa shape index (κ3) is 6.74. The predicted octanol–water partition coefficient (Wildman–Crippen LogP) is 5.33. The number of aromatic nitrogens is 4. The third-order valence-electron chi connectivity index (χ3n) is 8.92. The average molecular weight is 704 g/mol. The summed E-state index contributed by atoms with van der Waals surface area (Å²) in [7, 11) is 5.50. The molecule has 0 bridgehead atoms. The highest BCUT2D eigenvalue weighted by Gasteiger charge is 2.35. The number of halogens is 1. The average Bonchev–Trinajstić information content (AvgIpc) is 3.02. The zero-order valence-electron chi connectivity index (χ0n) is 27.0. The number of nitrogens with one attached hydrogen (secondary N) is 2. The Morgan fingerprint density at radius 1 is 1.07 bits per heavy atom. The van der Waals surface area contributed by atoms with Crippen LogP contribution in [-0.2, 0) is 6.42 Å².